The van der Waals surface area contributed by atoms with Gasteiger partial charge in [-0.15, -0.1) is 0 Å². The van der Waals surface area contributed by atoms with Gasteiger partial charge in [0.05, 0.1) is 11.9 Å². The topological polar surface area (TPSA) is 48.5 Å². The van der Waals surface area contributed by atoms with Gasteiger partial charge in [-0.1, -0.05) is 20.8 Å². The molecule has 1 aromatic rings. The standard InChI is InChI=1S/C21H34N4O/c1-21(2,3)17-8-10-24(11-9-17)14-16-7-12-25(15-16)18-5-6-19(23-13-18)20(26)22-4/h5-6,13,16-17H,7-12,14-15H2,1-4H3,(H,22,26). The lowest BCUT2D eigenvalue weighted by Gasteiger charge is -2.39. The van der Waals surface area contributed by atoms with Crippen LogP contribution in [0.3, 0.4) is 0 Å². The van der Waals surface area contributed by atoms with E-state index in [4.69, 9.17) is 0 Å². The van der Waals surface area contributed by atoms with Gasteiger partial charge in [0.2, 0.25) is 0 Å². The molecule has 1 amide bonds. The van der Waals surface area contributed by atoms with Crippen molar-refractivity contribution < 1.29 is 4.79 Å². The highest BCUT2D eigenvalue weighted by molar-refractivity contribution is 5.92. The molecule has 0 spiro atoms. The Morgan fingerprint density at radius 2 is 1.92 bits per heavy atom. The van der Waals surface area contributed by atoms with Crippen molar-refractivity contribution in [2.45, 2.75) is 40.0 Å². The Hall–Kier alpha value is -1.62. The predicted molar refractivity (Wildman–Crippen MR) is 107 cm³/mol. The van der Waals surface area contributed by atoms with Crippen LogP contribution in [0.4, 0.5) is 5.69 Å². The fourth-order valence-electron chi connectivity index (χ4n) is 4.40. The minimum atomic E-state index is -0.130. The summed E-state index contributed by atoms with van der Waals surface area (Å²) >= 11 is 0. The van der Waals surface area contributed by atoms with Gasteiger partial charge in [-0.05, 0) is 61.7 Å². The maximum Gasteiger partial charge on any atom is 0.269 e. The highest BCUT2D eigenvalue weighted by Gasteiger charge is 2.31. The molecule has 1 unspecified atom stereocenters. The summed E-state index contributed by atoms with van der Waals surface area (Å²) in [6, 6.07) is 3.84. The van der Waals surface area contributed by atoms with Crippen LogP contribution < -0.4 is 10.2 Å². The maximum atomic E-state index is 11.6. The smallest absolute Gasteiger partial charge is 0.269 e. The van der Waals surface area contributed by atoms with Crippen LogP contribution in [0.2, 0.25) is 0 Å². The fraction of sp³-hybridized carbons (Fsp3) is 0.714. The number of carbonyl (C=O) groups is 1. The third-order valence-corrected chi connectivity index (χ3v) is 6.19. The molecule has 0 aromatic carbocycles. The number of hydrogen-bond acceptors (Lipinski definition) is 4. The van der Waals surface area contributed by atoms with E-state index in [1.807, 2.05) is 18.3 Å². The number of piperidine rings is 1. The van der Waals surface area contributed by atoms with Gasteiger partial charge >= 0.3 is 0 Å². The van der Waals surface area contributed by atoms with Crippen molar-refractivity contribution in [3.8, 4) is 0 Å². The predicted octanol–water partition coefficient (Wildman–Crippen LogP) is 3.03. The largest absolute Gasteiger partial charge is 0.370 e. The van der Waals surface area contributed by atoms with Gasteiger partial charge in [0.25, 0.3) is 5.91 Å². The second kappa shape index (κ2) is 7.95. The Kier molecular flexibility index (Phi) is 5.86. The number of nitrogens with one attached hydrogen (secondary N) is 1. The molecule has 0 aliphatic carbocycles. The van der Waals surface area contributed by atoms with Crippen molar-refractivity contribution in [2.24, 2.45) is 17.3 Å². The van der Waals surface area contributed by atoms with Gasteiger partial charge in [-0.25, -0.2) is 4.98 Å². The SMILES string of the molecule is CNC(=O)c1ccc(N2CCC(CN3CCC(C(C)(C)C)CC3)C2)cn1. The number of amides is 1. The second-order valence-corrected chi connectivity index (χ2v) is 9.02. The van der Waals surface area contributed by atoms with Crippen LogP contribution in [0.1, 0.15) is 50.5 Å². The Morgan fingerprint density at radius 3 is 2.50 bits per heavy atom. The number of hydrogen-bond donors (Lipinski definition) is 1. The maximum absolute atomic E-state index is 11.6. The quantitative estimate of drug-likeness (QED) is 0.899. The number of carbonyl (C=O) groups excluding carboxylic acids is 1. The lowest BCUT2D eigenvalue weighted by atomic mass is 9.75. The molecule has 1 aromatic heterocycles. The Bertz CT molecular complexity index is 599. The van der Waals surface area contributed by atoms with E-state index in [1.54, 1.807) is 7.05 Å². The first-order chi connectivity index (χ1) is 12.4. The monoisotopic (exact) mass is 358 g/mol. The van der Waals surface area contributed by atoms with E-state index in [0.717, 1.165) is 30.6 Å². The second-order valence-electron chi connectivity index (χ2n) is 9.02. The van der Waals surface area contributed by atoms with Gasteiger partial charge in [0, 0.05) is 26.7 Å². The number of rotatable bonds is 4. The third-order valence-electron chi connectivity index (χ3n) is 6.19. The average molecular weight is 359 g/mol. The summed E-state index contributed by atoms with van der Waals surface area (Å²) in [5, 5.41) is 2.61. The van der Waals surface area contributed by atoms with Crippen LogP contribution in [-0.4, -0.2) is 55.6 Å². The van der Waals surface area contributed by atoms with E-state index in [9.17, 15) is 4.79 Å². The zero-order valence-corrected chi connectivity index (χ0v) is 16.8. The van der Waals surface area contributed by atoms with E-state index in [2.05, 4.69) is 40.9 Å². The molecule has 3 rings (SSSR count). The number of aromatic nitrogens is 1. The van der Waals surface area contributed by atoms with Crippen LogP contribution in [0.25, 0.3) is 0 Å². The normalized spacial score (nSPS) is 22.6. The van der Waals surface area contributed by atoms with Crippen LogP contribution in [0.5, 0.6) is 0 Å². The van der Waals surface area contributed by atoms with Crippen molar-refractivity contribution in [1.82, 2.24) is 15.2 Å². The number of anilines is 1. The number of pyridine rings is 1. The van der Waals surface area contributed by atoms with Crippen molar-refractivity contribution in [1.29, 1.82) is 0 Å². The molecular weight excluding hydrogens is 324 g/mol. The third kappa shape index (κ3) is 4.56. The summed E-state index contributed by atoms with van der Waals surface area (Å²) in [5.41, 5.74) is 2.06. The highest BCUT2D eigenvalue weighted by Crippen LogP contribution is 2.34. The van der Waals surface area contributed by atoms with Crippen LogP contribution >= 0.6 is 0 Å². The summed E-state index contributed by atoms with van der Waals surface area (Å²) < 4.78 is 0. The first-order valence-corrected chi connectivity index (χ1v) is 10.0. The van der Waals surface area contributed by atoms with Crippen molar-refractivity contribution in [3.05, 3.63) is 24.0 Å². The van der Waals surface area contributed by atoms with Crippen LogP contribution in [-0.2, 0) is 0 Å². The minimum absolute atomic E-state index is 0.130. The summed E-state index contributed by atoms with van der Waals surface area (Å²) in [5.74, 6) is 1.47. The molecule has 2 saturated heterocycles. The van der Waals surface area contributed by atoms with Crippen molar-refractivity contribution >= 4 is 11.6 Å². The molecule has 144 valence electrons. The van der Waals surface area contributed by atoms with Gasteiger partial charge in [0.1, 0.15) is 5.69 Å². The lowest BCUT2D eigenvalue weighted by Crippen LogP contribution is -2.40. The molecule has 5 heteroatoms. The molecule has 0 bridgehead atoms. The molecule has 3 heterocycles. The molecule has 2 fully saturated rings. The fourth-order valence-corrected chi connectivity index (χ4v) is 4.40. The average Bonchev–Trinajstić information content (AvgIpc) is 3.09. The molecule has 2 aliphatic rings. The van der Waals surface area contributed by atoms with E-state index in [0.29, 0.717) is 11.1 Å². The minimum Gasteiger partial charge on any atom is -0.370 e. The molecule has 26 heavy (non-hydrogen) atoms. The molecule has 1 N–H and O–H groups in total. The summed E-state index contributed by atoms with van der Waals surface area (Å²) in [7, 11) is 1.63. The lowest BCUT2D eigenvalue weighted by molar-refractivity contribution is 0.0958. The summed E-state index contributed by atoms with van der Waals surface area (Å²) in [6.07, 6.45) is 5.76. The molecule has 5 nitrogen and oxygen atoms in total. The Labute approximate surface area is 158 Å². The molecule has 0 saturated carbocycles. The first kappa shape index (κ1) is 19.2. The van der Waals surface area contributed by atoms with E-state index >= 15 is 0 Å². The molecule has 1 atom stereocenters. The van der Waals surface area contributed by atoms with Gasteiger partial charge in [-0.3, -0.25) is 4.79 Å². The highest BCUT2D eigenvalue weighted by atomic mass is 16.1. The summed E-state index contributed by atoms with van der Waals surface area (Å²) in [4.78, 5) is 21.0. The van der Waals surface area contributed by atoms with Crippen molar-refractivity contribution in [3.63, 3.8) is 0 Å². The Morgan fingerprint density at radius 1 is 1.19 bits per heavy atom. The molecular formula is C21H34N4O. The van der Waals surface area contributed by atoms with E-state index in [1.165, 1.54) is 38.9 Å². The van der Waals surface area contributed by atoms with E-state index < -0.39 is 0 Å². The first-order valence-electron chi connectivity index (χ1n) is 10.0. The zero-order chi connectivity index (χ0) is 18.7. The van der Waals surface area contributed by atoms with Crippen LogP contribution in [0.15, 0.2) is 18.3 Å². The Balaban J connectivity index is 1.48. The van der Waals surface area contributed by atoms with Gasteiger partial charge in [0.15, 0.2) is 0 Å². The molecule has 2 aliphatic heterocycles. The molecule has 0 radical (unpaired) electrons. The number of nitrogens with zero attached hydrogens (tertiary/aromatic N) is 3. The summed E-state index contributed by atoms with van der Waals surface area (Å²) in [6.45, 7) is 13.0. The number of likely N-dealkylation sites (tertiary alicyclic amines) is 1. The van der Waals surface area contributed by atoms with E-state index in [-0.39, 0.29) is 5.91 Å². The van der Waals surface area contributed by atoms with Crippen molar-refractivity contribution in [2.75, 3.05) is 44.7 Å². The van der Waals surface area contributed by atoms with Crippen LogP contribution in [0, 0.1) is 17.3 Å². The van der Waals surface area contributed by atoms with Gasteiger partial charge < -0.3 is 15.1 Å². The van der Waals surface area contributed by atoms with Gasteiger partial charge in [-0.2, -0.15) is 0 Å². The zero-order valence-electron chi connectivity index (χ0n) is 16.8.